The molecule has 0 spiro atoms. The first-order valence-electron chi connectivity index (χ1n) is 4.82. The van der Waals surface area contributed by atoms with Crippen LogP contribution in [0, 0.1) is 17.3 Å². The second-order valence-corrected chi connectivity index (χ2v) is 4.01. The van der Waals surface area contributed by atoms with E-state index in [1.54, 1.807) is 0 Å². The Bertz CT molecular complexity index is 193. The van der Waals surface area contributed by atoms with Crippen LogP contribution in [0.4, 0.5) is 0 Å². The van der Waals surface area contributed by atoms with Crippen molar-refractivity contribution in [3.8, 4) is 11.8 Å². The predicted molar refractivity (Wildman–Crippen MR) is 52.9 cm³/mol. The van der Waals surface area contributed by atoms with Crippen LogP contribution in [0.3, 0.4) is 0 Å². The molecule has 0 aromatic heterocycles. The van der Waals surface area contributed by atoms with Crippen LogP contribution in [0.1, 0.15) is 40.0 Å². The molecular formula is C11H19N. The molecule has 0 heterocycles. The van der Waals surface area contributed by atoms with Gasteiger partial charge >= 0.3 is 0 Å². The van der Waals surface area contributed by atoms with E-state index in [-0.39, 0.29) is 0 Å². The molecule has 1 heteroatoms. The molecule has 1 aliphatic carbocycles. The van der Waals surface area contributed by atoms with Gasteiger partial charge in [-0.3, -0.25) is 0 Å². The second kappa shape index (κ2) is 3.96. The molecule has 0 aromatic rings. The standard InChI is InChI=1S/C11H19N/c1-4-5-6-9-12-10(2)11(3)7-8-11/h10,12H,6-9H2,1-3H3. The van der Waals surface area contributed by atoms with Crippen LogP contribution < -0.4 is 5.32 Å². The Kier molecular flexibility index (Phi) is 3.17. The minimum atomic E-state index is 0.597. The molecule has 1 nitrogen and oxygen atoms in total. The van der Waals surface area contributed by atoms with Gasteiger partial charge in [0.1, 0.15) is 0 Å². The first-order valence-corrected chi connectivity index (χ1v) is 4.82. The van der Waals surface area contributed by atoms with E-state index in [9.17, 15) is 0 Å². The van der Waals surface area contributed by atoms with E-state index < -0.39 is 0 Å². The van der Waals surface area contributed by atoms with E-state index >= 15 is 0 Å². The molecule has 0 bridgehead atoms. The summed E-state index contributed by atoms with van der Waals surface area (Å²) in [7, 11) is 0. The summed E-state index contributed by atoms with van der Waals surface area (Å²) in [6.07, 6.45) is 3.76. The van der Waals surface area contributed by atoms with Gasteiger partial charge in [0.15, 0.2) is 0 Å². The first kappa shape index (κ1) is 9.61. The normalized spacial score (nSPS) is 20.9. The molecule has 0 aliphatic heterocycles. The van der Waals surface area contributed by atoms with Crippen molar-refractivity contribution in [1.29, 1.82) is 0 Å². The lowest BCUT2D eigenvalue weighted by molar-refractivity contribution is 0.385. The molecular weight excluding hydrogens is 146 g/mol. The maximum Gasteiger partial charge on any atom is 0.0214 e. The predicted octanol–water partition coefficient (Wildman–Crippen LogP) is 2.18. The average Bonchev–Trinajstić information content (AvgIpc) is 2.78. The van der Waals surface area contributed by atoms with E-state index in [0.717, 1.165) is 13.0 Å². The van der Waals surface area contributed by atoms with E-state index in [1.165, 1.54) is 12.8 Å². The zero-order chi connectivity index (χ0) is 9.03. The summed E-state index contributed by atoms with van der Waals surface area (Å²) < 4.78 is 0. The summed E-state index contributed by atoms with van der Waals surface area (Å²) in [6, 6.07) is 0.663. The zero-order valence-corrected chi connectivity index (χ0v) is 8.41. The number of rotatable bonds is 4. The minimum absolute atomic E-state index is 0.597. The average molecular weight is 165 g/mol. The molecule has 1 unspecified atom stereocenters. The highest BCUT2D eigenvalue weighted by Crippen LogP contribution is 2.47. The van der Waals surface area contributed by atoms with Crippen LogP contribution in [0.2, 0.25) is 0 Å². The molecule has 1 rings (SSSR count). The number of nitrogens with one attached hydrogen (secondary N) is 1. The maximum absolute atomic E-state index is 3.52. The molecule has 12 heavy (non-hydrogen) atoms. The summed E-state index contributed by atoms with van der Waals surface area (Å²) in [5, 5.41) is 3.52. The van der Waals surface area contributed by atoms with Gasteiger partial charge in [-0.2, -0.15) is 0 Å². The Hall–Kier alpha value is -0.480. The van der Waals surface area contributed by atoms with Crippen LogP contribution in [-0.4, -0.2) is 12.6 Å². The third-order valence-electron chi connectivity index (χ3n) is 2.96. The van der Waals surface area contributed by atoms with Gasteiger partial charge in [-0.05, 0) is 32.1 Å². The highest BCUT2D eigenvalue weighted by atomic mass is 14.9. The highest BCUT2D eigenvalue weighted by Gasteiger charge is 2.41. The zero-order valence-electron chi connectivity index (χ0n) is 8.41. The van der Waals surface area contributed by atoms with E-state index in [4.69, 9.17) is 0 Å². The minimum Gasteiger partial charge on any atom is -0.313 e. The molecule has 1 atom stereocenters. The smallest absolute Gasteiger partial charge is 0.0214 e. The molecule has 1 aliphatic rings. The number of hydrogen-bond donors (Lipinski definition) is 1. The fourth-order valence-electron chi connectivity index (χ4n) is 1.35. The Morgan fingerprint density at radius 3 is 2.67 bits per heavy atom. The Morgan fingerprint density at radius 1 is 1.50 bits per heavy atom. The maximum atomic E-state index is 3.52. The summed E-state index contributed by atoms with van der Waals surface area (Å²) in [5.41, 5.74) is 0.597. The van der Waals surface area contributed by atoms with Crippen molar-refractivity contribution in [3.63, 3.8) is 0 Å². The fraction of sp³-hybridized carbons (Fsp3) is 0.818. The van der Waals surface area contributed by atoms with E-state index in [1.807, 2.05) is 6.92 Å². The third-order valence-corrected chi connectivity index (χ3v) is 2.96. The van der Waals surface area contributed by atoms with Crippen molar-refractivity contribution in [2.75, 3.05) is 6.54 Å². The largest absolute Gasteiger partial charge is 0.313 e. The molecule has 68 valence electrons. The summed E-state index contributed by atoms with van der Waals surface area (Å²) >= 11 is 0. The van der Waals surface area contributed by atoms with Crippen molar-refractivity contribution in [2.24, 2.45) is 5.41 Å². The summed E-state index contributed by atoms with van der Waals surface area (Å²) in [5.74, 6) is 5.97. The van der Waals surface area contributed by atoms with Gasteiger partial charge < -0.3 is 5.32 Å². The van der Waals surface area contributed by atoms with Gasteiger partial charge in [0, 0.05) is 19.0 Å². The lowest BCUT2D eigenvalue weighted by Crippen LogP contribution is -2.33. The quantitative estimate of drug-likeness (QED) is 0.497. The van der Waals surface area contributed by atoms with Crippen molar-refractivity contribution < 1.29 is 0 Å². The Labute approximate surface area is 75.9 Å². The SMILES string of the molecule is CC#CCCNC(C)C1(C)CC1. The van der Waals surface area contributed by atoms with Crippen LogP contribution in [0.15, 0.2) is 0 Å². The molecule has 0 amide bonds. The van der Waals surface area contributed by atoms with Crippen molar-refractivity contribution in [2.45, 2.75) is 46.1 Å². The second-order valence-electron chi connectivity index (χ2n) is 4.01. The van der Waals surface area contributed by atoms with Gasteiger partial charge in [0.25, 0.3) is 0 Å². The lowest BCUT2D eigenvalue weighted by atomic mass is 10.0. The monoisotopic (exact) mass is 165 g/mol. The van der Waals surface area contributed by atoms with Gasteiger partial charge in [-0.25, -0.2) is 0 Å². The lowest BCUT2D eigenvalue weighted by Gasteiger charge is -2.19. The van der Waals surface area contributed by atoms with Gasteiger partial charge in [-0.15, -0.1) is 11.8 Å². The van der Waals surface area contributed by atoms with Crippen LogP contribution >= 0.6 is 0 Å². The highest BCUT2D eigenvalue weighted by molar-refractivity contribution is 4.98. The van der Waals surface area contributed by atoms with Crippen molar-refractivity contribution >= 4 is 0 Å². The van der Waals surface area contributed by atoms with Gasteiger partial charge in [0.2, 0.25) is 0 Å². The number of hydrogen-bond acceptors (Lipinski definition) is 1. The first-order chi connectivity index (χ1) is 5.69. The summed E-state index contributed by atoms with van der Waals surface area (Å²) in [6.45, 7) is 7.58. The Morgan fingerprint density at radius 2 is 2.17 bits per heavy atom. The molecule has 1 saturated carbocycles. The summed E-state index contributed by atoms with van der Waals surface area (Å²) in [4.78, 5) is 0. The van der Waals surface area contributed by atoms with Crippen molar-refractivity contribution in [3.05, 3.63) is 0 Å². The van der Waals surface area contributed by atoms with E-state index in [0.29, 0.717) is 11.5 Å². The van der Waals surface area contributed by atoms with Crippen LogP contribution in [0.5, 0.6) is 0 Å². The topological polar surface area (TPSA) is 12.0 Å². The van der Waals surface area contributed by atoms with Crippen molar-refractivity contribution in [1.82, 2.24) is 5.32 Å². The van der Waals surface area contributed by atoms with Crippen LogP contribution in [0.25, 0.3) is 0 Å². The van der Waals surface area contributed by atoms with Crippen LogP contribution in [-0.2, 0) is 0 Å². The molecule has 1 fully saturated rings. The third kappa shape index (κ3) is 2.53. The fourth-order valence-corrected chi connectivity index (χ4v) is 1.35. The Balaban J connectivity index is 2.09. The molecule has 1 N–H and O–H groups in total. The van der Waals surface area contributed by atoms with E-state index in [2.05, 4.69) is 31.0 Å². The van der Waals surface area contributed by atoms with Gasteiger partial charge in [-0.1, -0.05) is 6.92 Å². The molecule has 0 aromatic carbocycles. The molecule has 0 radical (unpaired) electrons. The molecule has 0 saturated heterocycles. The van der Waals surface area contributed by atoms with Gasteiger partial charge in [0.05, 0.1) is 0 Å².